The minimum atomic E-state index is 0.313. The summed E-state index contributed by atoms with van der Waals surface area (Å²) in [6.07, 6.45) is 4.36. The molecule has 3 atom stereocenters. The van der Waals surface area contributed by atoms with Gasteiger partial charge in [0.15, 0.2) is 5.78 Å². The Kier molecular flexibility index (Phi) is 1.33. The topological polar surface area (TPSA) is 30.0 Å². The lowest BCUT2D eigenvalue weighted by Gasteiger charge is -2.12. The molecule has 4 saturated carbocycles. The first kappa shape index (κ1) is 8.03. The van der Waals surface area contributed by atoms with Gasteiger partial charge in [-0.2, -0.15) is 0 Å². The summed E-state index contributed by atoms with van der Waals surface area (Å²) in [6.45, 7) is 0. The normalized spacial score (nSPS) is 44.4. The van der Waals surface area contributed by atoms with Crippen LogP contribution in [0.3, 0.4) is 0 Å². The van der Waals surface area contributed by atoms with Crippen LogP contribution in [0.25, 0.3) is 0 Å². The Labute approximate surface area is 88.7 Å². The van der Waals surface area contributed by atoms with Crippen LogP contribution in [-0.4, -0.2) is 10.8 Å². The van der Waals surface area contributed by atoms with E-state index in [9.17, 15) is 4.79 Å². The summed E-state index contributed by atoms with van der Waals surface area (Å²) in [7, 11) is 0. The molecule has 4 fully saturated rings. The lowest BCUT2D eigenvalue weighted by Crippen LogP contribution is -2.19. The van der Waals surface area contributed by atoms with Crippen molar-refractivity contribution in [3.05, 3.63) is 30.1 Å². The predicted octanol–water partition coefficient (Wildman–Crippen LogP) is 2.17. The van der Waals surface area contributed by atoms with Gasteiger partial charge >= 0.3 is 0 Å². The number of ketones is 1. The maximum atomic E-state index is 12.3. The summed E-state index contributed by atoms with van der Waals surface area (Å²) in [5.74, 6) is 3.90. The first-order valence-electron chi connectivity index (χ1n) is 5.81. The number of carbonyl (C=O) groups excluding carboxylic acids is 1. The first-order valence-corrected chi connectivity index (χ1v) is 5.81. The number of carbonyl (C=O) groups is 1. The molecule has 0 aliphatic heterocycles. The zero-order valence-electron chi connectivity index (χ0n) is 8.47. The van der Waals surface area contributed by atoms with Gasteiger partial charge in [-0.1, -0.05) is 6.07 Å². The molecule has 4 aliphatic carbocycles. The van der Waals surface area contributed by atoms with E-state index in [0.717, 1.165) is 17.8 Å². The van der Waals surface area contributed by atoms with Crippen molar-refractivity contribution in [2.24, 2.45) is 29.6 Å². The van der Waals surface area contributed by atoms with Crippen molar-refractivity contribution in [2.75, 3.05) is 0 Å². The summed E-state index contributed by atoms with van der Waals surface area (Å²) < 4.78 is 0. The summed E-state index contributed by atoms with van der Waals surface area (Å²) >= 11 is 0. The minimum absolute atomic E-state index is 0.313. The van der Waals surface area contributed by atoms with Crippen LogP contribution in [0.2, 0.25) is 0 Å². The molecule has 0 saturated heterocycles. The number of hydrogen-bond acceptors (Lipinski definition) is 2. The number of nitrogens with zero attached hydrogens (tertiary/aromatic N) is 1. The van der Waals surface area contributed by atoms with Gasteiger partial charge in [0, 0.05) is 12.1 Å². The summed E-state index contributed by atoms with van der Waals surface area (Å²) in [5.41, 5.74) is 0.681. The number of rotatable bonds is 2. The van der Waals surface area contributed by atoms with Gasteiger partial charge < -0.3 is 0 Å². The zero-order chi connectivity index (χ0) is 9.99. The monoisotopic (exact) mass is 199 g/mol. The molecule has 0 amide bonds. The Morgan fingerprint density at radius 3 is 2.60 bits per heavy atom. The van der Waals surface area contributed by atoms with Crippen molar-refractivity contribution in [3.8, 4) is 0 Å². The predicted molar refractivity (Wildman–Crippen MR) is 55.3 cm³/mol. The number of hydrogen-bond donors (Lipinski definition) is 0. The van der Waals surface area contributed by atoms with Gasteiger partial charge in [0.2, 0.25) is 0 Å². The average molecular weight is 199 g/mol. The van der Waals surface area contributed by atoms with Crippen molar-refractivity contribution in [1.29, 1.82) is 0 Å². The van der Waals surface area contributed by atoms with Gasteiger partial charge in [-0.25, -0.2) is 0 Å². The van der Waals surface area contributed by atoms with E-state index in [1.54, 1.807) is 6.20 Å². The molecule has 2 heteroatoms. The van der Waals surface area contributed by atoms with Gasteiger partial charge in [-0.05, 0) is 48.6 Å². The number of aromatic nitrogens is 1. The highest BCUT2D eigenvalue weighted by atomic mass is 16.1. The van der Waals surface area contributed by atoms with Gasteiger partial charge in [0.25, 0.3) is 0 Å². The van der Waals surface area contributed by atoms with E-state index in [1.807, 2.05) is 18.2 Å². The Bertz CT molecular complexity index is 413. The Hall–Kier alpha value is -1.18. The molecular formula is C13H13NO. The molecule has 0 radical (unpaired) electrons. The highest BCUT2D eigenvalue weighted by Gasteiger charge is 2.70. The summed E-state index contributed by atoms with van der Waals surface area (Å²) in [5, 5.41) is 0. The second kappa shape index (κ2) is 2.49. The fourth-order valence-electron chi connectivity index (χ4n) is 4.14. The van der Waals surface area contributed by atoms with E-state index in [1.165, 1.54) is 12.8 Å². The molecule has 0 spiro atoms. The van der Waals surface area contributed by atoms with Crippen molar-refractivity contribution in [3.63, 3.8) is 0 Å². The van der Waals surface area contributed by atoms with Crippen LogP contribution in [0.5, 0.6) is 0 Å². The molecule has 0 N–H and O–H groups in total. The van der Waals surface area contributed by atoms with Gasteiger partial charge in [0.1, 0.15) is 5.69 Å². The Balaban J connectivity index is 1.67. The third-order valence-corrected chi connectivity index (χ3v) is 4.69. The molecule has 3 unspecified atom stereocenters. The van der Waals surface area contributed by atoms with Crippen molar-refractivity contribution >= 4 is 5.78 Å². The molecule has 1 aromatic heterocycles. The second-order valence-electron chi connectivity index (χ2n) is 5.24. The third kappa shape index (κ3) is 0.901. The van der Waals surface area contributed by atoms with E-state index in [2.05, 4.69) is 4.98 Å². The van der Waals surface area contributed by atoms with E-state index < -0.39 is 0 Å². The van der Waals surface area contributed by atoms with Crippen LogP contribution in [0, 0.1) is 29.6 Å². The second-order valence-corrected chi connectivity index (χ2v) is 5.24. The highest BCUT2D eigenvalue weighted by molar-refractivity contribution is 5.97. The average Bonchev–Trinajstić information content (AvgIpc) is 2.73. The van der Waals surface area contributed by atoms with E-state index in [0.29, 0.717) is 23.3 Å². The molecule has 1 aromatic rings. The first-order chi connectivity index (χ1) is 7.36. The van der Waals surface area contributed by atoms with Crippen LogP contribution in [0.4, 0.5) is 0 Å². The number of Topliss-reactive ketones (excluding diaryl/α,β-unsaturated/α-hetero) is 1. The van der Waals surface area contributed by atoms with Crippen LogP contribution >= 0.6 is 0 Å². The number of pyridine rings is 1. The molecule has 4 bridgehead atoms. The maximum absolute atomic E-state index is 12.3. The van der Waals surface area contributed by atoms with Crippen molar-refractivity contribution < 1.29 is 4.79 Å². The van der Waals surface area contributed by atoms with Crippen LogP contribution in [0.15, 0.2) is 24.4 Å². The lowest BCUT2D eigenvalue weighted by molar-refractivity contribution is 0.0887. The van der Waals surface area contributed by atoms with Crippen molar-refractivity contribution in [2.45, 2.75) is 12.8 Å². The molecule has 2 nitrogen and oxygen atoms in total. The molecule has 76 valence electrons. The molecule has 0 aromatic carbocycles. The molecule has 15 heavy (non-hydrogen) atoms. The Morgan fingerprint density at radius 2 is 2.07 bits per heavy atom. The quantitative estimate of drug-likeness (QED) is 0.683. The van der Waals surface area contributed by atoms with E-state index in [4.69, 9.17) is 0 Å². The van der Waals surface area contributed by atoms with Crippen LogP contribution in [-0.2, 0) is 0 Å². The largest absolute Gasteiger partial charge is 0.292 e. The maximum Gasteiger partial charge on any atom is 0.184 e. The van der Waals surface area contributed by atoms with E-state index >= 15 is 0 Å². The van der Waals surface area contributed by atoms with Gasteiger partial charge in [0.05, 0.1) is 0 Å². The summed E-state index contributed by atoms with van der Waals surface area (Å²) in [4.78, 5) is 16.4. The van der Waals surface area contributed by atoms with Crippen molar-refractivity contribution in [1.82, 2.24) is 4.98 Å². The smallest absolute Gasteiger partial charge is 0.184 e. The zero-order valence-corrected chi connectivity index (χ0v) is 8.47. The van der Waals surface area contributed by atoms with Crippen LogP contribution in [0.1, 0.15) is 23.3 Å². The minimum Gasteiger partial charge on any atom is -0.292 e. The summed E-state index contributed by atoms with van der Waals surface area (Å²) in [6, 6.07) is 5.63. The third-order valence-electron chi connectivity index (χ3n) is 4.69. The SMILES string of the molecule is O=C(c1ccccn1)C1C2CC3C(C2)C31. The fraction of sp³-hybridized carbons (Fsp3) is 0.538. The van der Waals surface area contributed by atoms with E-state index in [-0.39, 0.29) is 0 Å². The molecular weight excluding hydrogens is 186 g/mol. The van der Waals surface area contributed by atoms with Crippen LogP contribution < -0.4 is 0 Å². The van der Waals surface area contributed by atoms with Gasteiger partial charge in [-0.3, -0.25) is 9.78 Å². The van der Waals surface area contributed by atoms with Gasteiger partial charge in [-0.15, -0.1) is 0 Å². The molecule has 5 rings (SSSR count). The highest BCUT2D eigenvalue weighted by Crippen LogP contribution is 2.73. The molecule has 1 heterocycles. The lowest BCUT2D eigenvalue weighted by atomic mass is 9.92. The molecule has 4 aliphatic rings. The fourth-order valence-corrected chi connectivity index (χ4v) is 4.14. The Morgan fingerprint density at radius 1 is 1.27 bits per heavy atom. The standard InChI is InChI=1S/C13H13NO/c15-13(10-3-1-2-4-14-10)11-7-5-8-9(6-7)12(8)11/h1-4,7-9,11-12H,5-6H2.